The number of carbonyl (C=O) groups is 1. The molecule has 0 saturated carbocycles. The molecule has 15 heavy (non-hydrogen) atoms. The average molecular weight is 220 g/mol. The van der Waals surface area contributed by atoms with Crippen LogP contribution in [-0.2, 0) is 4.79 Å². The van der Waals surface area contributed by atoms with Crippen LogP contribution in [0.3, 0.4) is 0 Å². The summed E-state index contributed by atoms with van der Waals surface area (Å²) in [6, 6.07) is 7.72. The molecule has 0 unspecified atom stereocenters. The minimum atomic E-state index is -1.34. The Morgan fingerprint density at radius 2 is 2.07 bits per heavy atom. The lowest BCUT2D eigenvalue weighted by Crippen LogP contribution is -2.37. The maximum atomic E-state index is 11.0. The van der Waals surface area contributed by atoms with Gasteiger partial charge in [0, 0.05) is 6.08 Å². The Labute approximate surface area is 91.6 Å². The Bertz CT molecular complexity index is 377. The normalized spacial score (nSPS) is 10.9. The molecule has 0 amide bonds. The molecule has 3 heteroatoms. The number of hydrogen-bond donors (Lipinski definition) is 0. The van der Waals surface area contributed by atoms with E-state index in [2.05, 4.69) is 32.3 Å². The molecule has 1 rings (SSSR count). The highest BCUT2D eigenvalue weighted by Gasteiger charge is 2.16. The van der Waals surface area contributed by atoms with Gasteiger partial charge in [-0.15, -0.1) is 0 Å². The standard InChI is InChI=1S/C12H16O2Si/c1-5-12(13)14-10-7-6-8-11(9-10)15(2,3)4/h5-9H,1H2,2-4H3. The highest BCUT2D eigenvalue weighted by Crippen LogP contribution is 2.11. The van der Waals surface area contributed by atoms with E-state index in [-0.39, 0.29) is 0 Å². The lowest BCUT2D eigenvalue weighted by atomic mass is 10.3. The van der Waals surface area contributed by atoms with E-state index in [4.69, 9.17) is 4.74 Å². The summed E-state index contributed by atoms with van der Waals surface area (Å²) in [6.45, 7) is 10.1. The fourth-order valence-electron chi connectivity index (χ4n) is 1.18. The van der Waals surface area contributed by atoms with E-state index in [1.165, 1.54) is 11.3 Å². The summed E-state index contributed by atoms with van der Waals surface area (Å²) < 4.78 is 5.06. The van der Waals surface area contributed by atoms with Crippen molar-refractivity contribution in [1.82, 2.24) is 0 Å². The molecule has 0 bridgehead atoms. The summed E-state index contributed by atoms with van der Waals surface area (Å²) >= 11 is 0. The van der Waals surface area contributed by atoms with Crippen molar-refractivity contribution in [3.8, 4) is 5.75 Å². The number of carbonyl (C=O) groups excluding carboxylic acids is 1. The van der Waals surface area contributed by atoms with E-state index in [9.17, 15) is 4.79 Å². The molecule has 1 aromatic carbocycles. The Morgan fingerprint density at radius 3 is 2.60 bits per heavy atom. The van der Waals surface area contributed by atoms with Gasteiger partial charge in [-0.2, -0.15) is 0 Å². The first-order valence-corrected chi connectivity index (χ1v) is 8.38. The van der Waals surface area contributed by atoms with Crippen molar-refractivity contribution in [2.24, 2.45) is 0 Å². The molecule has 0 aliphatic carbocycles. The quantitative estimate of drug-likeness (QED) is 0.338. The number of rotatable bonds is 3. The minimum absolute atomic E-state index is 0.414. The lowest BCUT2D eigenvalue weighted by Gasteiger charge is -2.17. The maximum absolute atomic E-state index is 11.0. The van der Waals surface area contributed by atoms with Crippen LogP contribution >= 0.6 is 0 Å². The Kier molecular flexibility index (Phi) is 3.47. The molecule has 0 heterocycles. The van der Waals surface area contributed by atoms with Crippen LogP contribution < -0.4 is 9.92 Å². The summed E-state index contributed by atoms with van der Waals surface area (Å²) in [7, 11) is -1.34. The SMILES string of the molecule is C=CC(=O)Oc1cccc([Si](C)(C)C)c1. The molecule has 2 nitrogen and oxygen atoms in total. The molecule has 0 aliphatic rings. The average Bonchev–Trinajstić information content (AvgIpc) is 2.17. The van der Waals surface area contributed by atoms with Crippen molar-refractivity contribution in [1.29, 1.82) is 0 Å². The van der Waals surface area contributed by atoms with Crippen LogP contribution in [-0.4, -0.2) is 14.0 Å². The number of hydrogen-bond acceptors (Lipinski definition) is 2. The zero-order valence-corrected chi connectivity index (χ0v) is 10.4. The van der Waals surface area contributed by atoms with Gasteiger partial charge in [0.25, 0.3) is 0 Å². The molecule has 0 atom stereocenters. The van der Waals surface area contributed by atoms with Crippen LogP contribution in [0.1, 0.15) is 0 Å². The molecule has 0 saturated heterocycles. The van der Waals surface area contributed by atoms with Crippen molar-refractivity contribution in [3.63, 3.8) is 0 Å². The number of benzene rings is 1. The molecular formula is C12H16O2Si. The van der Waals surface area contributed by atoms with Gasteiger partial charge in [-0.05, 0) is 12.1 Å². The molecule has 0 aliphatic heterocycles. The second kappa shape index (κ2) is 4.44. The van der Waals surface area contributed by atoms with Gasteiger partial charge >= 0.3 is 5.97 Å². The molecule has 0 N–H and O–H groups in total. The van der Waals surface area contributed by atoms with E-state index < -0.39 is 14.0 Å². The summed E-state index contributed by atoms with van der Waals surface area (Å²) in [5.41, 5.74) is 0. The van der Waals surface area contributed by atoms with Crippen LogP contribution in [0.4, 0.5) is 0 Å². The molecule has 0 radical (unpaired) electrons. The number of esters is 1. The van der Waals surface area contributed by atoms with Crippen LogP contribution in [0.2, 0.25) is 19.6 Å². The first-order chi connectivity index (χ1) is 6.93. The van der Waals surface area contributed by atoms with Gasteiger partial charge in [0.1, 0.15) is 5.75 Å². The van der Waals surface area contributed by atoms with E-state index in [1.54, 1.807) is 6.07 Å². The molecule has 0 fully saturated rings. The third-order valence-electron chi connectivity index (χ3n) is 2.09. The summed E-state index contributed by atoms with van der Waals surface area (Å²) in [5.74, 6) is 0.183. The second-order valence-corrected chi connectivity index (χ2v) is 9.48. The molecule has 0 aromatic heterocycles. The molecule has 80 valence electrons. The third kappa shape index (κ3) is 3.36. The van der Waals surface area contributed by atoms with Crippen molar-refractivity contribution in [2.45, 2.75) is 19.6 Å². The summed E-state index contributed by atoms with van der Waals surface area (Å²) in [4.78, 5) is 11.0. The molecular weight excluding hydrogens is 204 g/mol. The van der Waals surface area contributed by atoms with Gasteiger partial charge in [-0.1, -0.05) is 43.5 Å². The van der Waals surface area contributed by atoms with Gasteiger partial charge in [0.2, 0.25) is 0 Å². The van der Waals surface area contributed by atoms with Crippen molar-refractivity contribution < 1.29 is 9.53 Å². The summed E-state index contributed by atoms with van der Waals surface area (Å²) in [5, 5.41) is 1.27. The zero-order valence-electron chi connectivity index (χ0n) is 9.41. The van der Waals surface area contributed by atoms with Crippen LogP contribution in [0.5, 0.6) is 5.75 Å². The largest absolute Gasteiger partial charge is 0.423 e. The van der Waals surface area contributed by atoms with Crippen molar-refractivity contribution >= 4 is 19.2 Å². The van der Waals surface area contributed by atoms with Gasteiger partial charge < -0.3 is 4.74 Å². The van der Waals surface area contributed by atoms with Crippen LogP contribution in [0.15, 0.2) is 36.9 Å². The highest BCUT2D eigenvalue weighted by molar-refractivity contribution is 6.88. The predicted molar refractivity (Wildman–Crippen MR) is 65.3 cm³/mol. The zero-order chi connectivity index (χ0) is 11.5. The molecule has 0 spiro atoms. The first kappa shape index (κ1) is 11.7. The highest BCUT2D eigenvalue weighted by atomic mass is 28.3. The topological polar surface area (TPSA) is 26.3 Å². The van der Waals surface area contributed by atoms with Crippen LogP contribution in [0, 0.1) is 0 Å². The Balaban J connectivity index is 2.93. The fourth-order valence-corrected chi connectivity index (χ4v) is 2.36. The van der Waals surface area contributed by atoms with E-state index in [1.807, 2.05) is 12.1 Å². The molecule has 1 aromatic rings. The van der Waals surface area contributed by atoms with Gasteiger partial charge in [-0.3, -0.25) is 0 Å². The smallest absolute Gasteiger partial charge is 0.335 e. The van der Waals surface area contributed by atoms with Gasteiger partial charge in [0.15, 0.2) is 0 Å². The Hall–Kier alpha value is -1.35. The number of ether oxygens (including phenoxy) is 1. The summed E-state index contributed by atoms with van der Waals surface area (Å²) in [6.07, 6.45) is 1.17. The maximum Gasteiger partial charge on any atom is 0.335 e. The second-order valence-electron chi connectivity index (χ2n) is 4.40. The third-order valence-corrected chi connectivity index (χ3v) is 4.13. The van der Waals surface area contributed by atoms with Crippen LogP contribution in [0.25, 0.3) is 0 Å². The Morgan fingerprint density at radius 1 is 1.40 bits per heavy atom. The first-order valence-electron chi connectivity index (χ1n) is 4.88. The minimum Gasteiger partial charge on any atom is -0.423 e. The monoisotopic (exact) mass is 220 g/mol. The van der Waals surface area contributed by atoms with Gasteiger partial charge in [-0.25, -0.2) is 4.79 Å². The van der Waals surface area contributed by atoms with Crippen molar-refractivity contribution in [3.05, 3.63) is 36.9 Å². The van der Waals surface area contributed by atoms with Crippen molar-refractivity contribution in [2.75, 3.05) is 0 Å². The fraction of sp³-hybridized carbons (Fsp3) is 0.250. The van der Waals surface area contributed by atoms with E-state index in [0.29, 0.717) is 5.75 Å². The van der Waals surface area contributed by atoms with E-state index in [0.717, 1.165) is 0 Å². The lowest BCUT2D eigenvalue weighted by molar-refractivity contribution is -0.128. The van der Waals surface area contributed by atoms with E-state index >= 15 is 0 Å². The predicted octanol–water partition coefficient (Wildman–Crippen LogP) is 2.32. The van der Waals surface area contributed by atoms with Gasteiger partial charge in [0.05, 0.1) is 8.07 Å².